The van der Waals surface area contributed by atoms with Crippen LogP contribution in [0.15, 0.2) is 0 Å². The van der Waals surface area contributed by atoms with E-state index >= 15 is 0 Å². The highest BCUT2D eigenvalue weighted by molar-refractivity contribution is 5.79. The van der Waals surface area contributed by atoms with Crippen molar-refractivity contribution in [1.29, 1.82) is 0 Å². The number of carboxylic acid groups (broad SMARTS) is 1. The fraction of sp³-hybridized carbons (Fsp3) is 0.800. The van der Waals surface area contributed by atoms with Gasteiger partial charge in [-0.15, -0.1) is 0 Å². The van der Waals surface area contributed by atoms with Gasteiger partial charge in [-0.25, -0.2) is 0 Å². The standard InChI is InChI=1S/C15H26N2O4/c1-4-13(18)17-8-11(5-6-14(19)20)7-12(9-17)16-15(21)10(2)3/h10-12H,4-9H2,1-3H3,(H,16,21)(H,19,20). The van der Waals surface area contributed by atoms with Gasteiger partial charge in [-0.2, -0.15) is 0 Å². The third-order valence-electron chi connectivity index (χ3n) is 3.83. The van der Waals surface area contributed by atoms with Crippen LogP contribution in [0.25, 0.3) is 0 Å². The lowest BCUT2D eigenvalue weighted by atomic mass is 9.90. The second kappa shape index (κ2) is 8.00. The first kappa shape index (κ1) is 17.5. The minimum Gasteiger partial charge on any atom is -0.481 e. The number of hydrogen-bond donors (Lipinski definition) is 2. The SMILES string of the molecule is CCC(=O)N1CC(CCC(=O)O)CC(NC(=O)C(C)C)C1. The van der Waals surface area contributed by atoms with Crippen LogP contribution in [0.5, 0.6) is 0 Å². The Morgan fingerprint density at radius 2 is 1.95 bits per heavy atom. The minimum atomic E-state index is -0.822. The average Bonchev–Trinajstić information content (AvgIpc) is 2.43. The number of hydrogen-bond acceptors (Lipinski definition) is 3. The first-order valence-corrected chi connectivity index (χ1v) is 7.63. The number of amides is 2. The fourth-order valence-corrected chi connectivity index (χ4v) is 2.64. The summed E-state index contributed by atoms with van der Waals surface area (Å²) in [5.74, 6) is -0.763. The number of likely N-dealkylation sites (tertiary alicyclic amines) is 1. The molecule has 0 aromatic rings. The van der Waals surface area contributed by atoms with Crippen LogP contribution in [0.1, 0.15) is 46.5 Å². The zero-order valence-electron chi connectivity index (χ0n) is 13.1. The summed E-state index contributed by atoms with van der Waals surface area (Å²) >= 11 is 0. The van der Waals surface area contributed by atoms with E-state index in [0.29, 0.717) is 25.9 Å². The molecule has 0 aromatic carbocycles. The topological polar surface area (TPSA) is 86.7 Å². The van der Waals surface area contributed by atoms with E-state index in [9.17, 15) is 14.4 Å². The van der Waals surface area contributed by atoms with Crippen LogP contribution in [0.3, 0.4) is 0 Å². The summed E-state index contributed by atoms with van der Waals surface area (Å²) in [5.41, 5.74) is 0. The molecule has 6 heteroatoms. The van der Waals surface area contributed by atoms with Crippen molar-refractivity contribution in [3.63, 3.8) is 0 Å². The third-order valence-corrected chi connectivity index (χ3v) is 3.83. The number of carbonyl (C=O) groups excluding carboxylic acids is 2. The van der Waals surface area contributed by atoms with Gasteiger partial charge in [-0.3, -0.25) is 14.4 Å². The van der Waals surface area contributed by atoms with Gasteiger partial charge in [-0.1, -0.05) is 20.8 Å². The van der Waals surface area contributed by atoms with Crippen molar-refractivity contribution in [2.45, 2.75) is 52.5 Å². The molecule has 0 aromatic heterocycles. The van der Waals surface area contributed by atoms with Crippen molar-refractivity contribution in [3.8, 4) is 0 Å². The molecular weight excluding hydrogens is 272 g/mol. The van der Waals surface area contributed by atoms with E-state index in [0.717, 1.165) is 6.42 Å². The largest absolute Gasteiger partial charge is 0.481 e. The average molecular weight is 298 g/mol. The predicted octanol–water partition coefficient (Wildman–Crippen LogP) is 1.25. The summed E-state index contributed by atoms with van der Waals surface area (Å²) in [5, 5.41) is 11.8. The van der Waals surface area contributed by atoms with Crippen LogP contribution in [0.4, 0.5) is 0 Å². The van der Waals surface area contributed by atoms with Gasteiger partial charge in [0.25, 0.3) is 0 Å². The minimum absolute atomic E-state index is 0.0252. The van der Waals surface area contributed by atoms with E-state index in [-0.39, 0.29) is 36.1 Å². The summed E-state index contributed by atoms with van der Waals surface area (Å²) in [7, 11) is 0. The molecule has 1 rings (SSSR count). The molecule has 1 saturated heterocycles. The lowest BCUT2D eigenvalue weighted by molar-refractivity contribution is -0.138. The lowest BCUT2D eigenvalue weighted by Crippen LogP contribution is -2.53. The fourth-order valence-electron chi connectivity index (χ4n) is 2.64. The zero-order valence-corrected chi connectivity index (χ0v) is 13.1. The van der Waals surface area contributed by atoms with E-state index in [1.807, 2.05) is 20.8 Å². The molecule has 120 valence electrons. The van der Waals surface area contributed by atoms with Crippen LogP contribution in [0, 0.1) is 11.8 Å². The molecule has 1 fully saturated rings. The quantitative estimate of drug-likeness (QED) is 0.772. The van der Waals surface area contributed by atoms with Gasteiger partial charge in [0.1, 0.15) is 0 Å². The van der Waals surface area contributed by atoms with Crippen LogP contribution in [-0.2, 0) is 14.4 Å². The lowest BCUT2D eigenvalue weighted by Gasteiger charge is -2.38. The number of nitrogens with one attached hydrogen (secondary N) is 1. The number of nitrogens with zero attached hydrogens (tertiary/aromatic N) is 1. The van der Waals surface area contributed by atoms with Gasteiger partial charge in [0.15, 0.2) is 0 Å². The Labute approximate surface area is 125 Å². The smallest absolute Gasteiger partial charge is 0.303 e. The second-order valence-corrected chi connectivity index (χ2v) is 6.05. The Bertz CT molecular complexity index is 395. The number of rotatable bonds is 6. The Morgan fingerprint density at radius 3 is 2.48 bits per heavy atom. The first-order chi connectivity index (χ1) is 9.83. The molecule has 0 spiro atoms. The van der Waals surface area contributed by atoms with Crippen LogP contribution in [0.2, 0.25) is 0 Å². The normalized spacial score (nSPS) is 22.2. The van der Waals surface area contributed by atoms with E-state index in [1.165, 1.54) is 0 Å². The highest BCUT2D eigenvalue weighted by Gasteiger charge is 2.30. The molecule has 21 heavy (non-hydrogen) atoms. The molecule has 1 aliphatic heterocycles. The number of aliphatic carboxylic acids is 1. The first-order valence-electron chi connectivity index (χ1n) is 7.63. The molecule has 0 bridgehead atoms. The molecule has 1 heterocycles. The van der Waals surface area contributed by atoms with Crippen LogP contribution in [-0.4, -0.2) is 46.9 Å². The molecule has 0 radical (unpaired) electrons. The Morgan fingerprint density at radius 1 is 1.29 bits per heavy atom. The highest BCUT2D eigenvalue weighted by atomic mass is 16.4. The molecule has 2 N–H and O–H groups in total. The molecule has 2 atom stereocenters. The maximum absolute atomic E-state index is 11.9. The molecule has 0 saturated carbocycles. The van der Waals surface area contributed by atoms with Crippen molar-refractivity contribution in [2.24, 2.45) is 11.8 Å². The van der Waals surface area contributed by atoms with E-state index in [2.05, 4.69) is 5.32 Å². The van der Waals surface area contributed by atoms with Gasteiger partial charge < -0.3 is 15.3 Å². The van der Waals surface area contributed by atoms with E-state index in [1.54, 1.807) is 4.90 Å². The van der Waals surface area contributed by atoms with Crippen molar-refractivity contribution in [2.75, 3.05) is 13.1 Å². The van der Waals surface area contributed by atoms with Gasteiger partial charge in [0.2, 0.25) is 11.8 Å². The third kappa shape index (κ3) is 5.73. The van der Waals surface area contributed by atoms with Crippen molar-refractivity contribution < 1.29 is 19.5 Å². The van der Waals surface area contributed by atoms with E-state index in [4.69, 9.17) is 5.11 Å². The molecule has 0 aliphatic carbocycles. The summed E-state index contributed by atoms with van der Waals surface area (Å²) in [4.78, 5) is 36.2. The Balaban J connectivity index is 2.67. The molecular formula is C15H26N2O4. The molecule has 2 unspecified atom stereocenters. The predicted molar refractivity (Wildman–Crippen MR) is 78.6 cm³/mol. The van der Waals surface area contributed by atoms with Gasteiger partial charge in [0, 0.05) is 37.9 Å². The molecule has 1 aliphatic rings. The highest BCUT2D eigenvalue weighted by Crippen LogP contribution is 2.22. The van der Waals surface area contributed by atoms with Crippen molar-refractivity contribution in [1.82, 2.24) is 10.2 Å². The summed E-state index contributed by atoms with van der Waals surface area (Å²) < 4.78 is 0. The Hall–Kier alpha value is -1.59. The van der Waals surface area contributed by atoms with Gasteiger partial charge >= 0.3 is 5.97 Å². The maximum Gasteiger partial charge on any atom is 0.303 e. The second-order valence-electron chi connectivity index (χ2n) is 6.05. The van der Waals surface area contributed by atoms with Crippen LogP contribution < -0.4 is 5.32 Å². The molecule has 2 amide bonds. The summed E-state index contributed by atoms with van der Waals surface area (Å²) in [6.45, 7) is 6.58. The number of carboxylic acids is 1. The number of carbonyl (C=O) groups is 3. The monoisotopic (exact) mass is 298 g/mol. The van der Waals surface area contributed by atoms with Gasteiger partial charge in [0.05, 0.1) is 0 Å². The van der Waals surface area contributed by atoms with Crippen molar-refractivity contribution >= 4 is 17.8 Å². The zero-order chi connectivity index (χ0) is 16.0. The van der Waals surface area contributed by atoms with Gasteiger partial charge in [-0.05, 0) is 18.8 Å². The van der Waals surface area contributed by atoms with Crippen LogP contribution >= 0.6 is 0 Å². The van der Waals surface area contributed by atoms with Crippen molar-refractivity contribution in [3.05, 3.63) is 0 Å². The number of piperidine rings is 1. The summed E-state index contributed by atoms with van der Waals surface area (Å²) in [6.07, 6.45) is 1.80. The maximum atomic E-state index is 11.9. The van der Waals surface area contributed by atoms with E-state index < -0.39 is 5.97 Å². The Kier molecular flexibility index (Phi) is 6.65. The summed E-state index contributed by atoms with van der Waals surface area (Å²) in [6, 6.07) is -0.0806. The molecule has 6 nitrogen and oxygen atoms in total.